The molecule has 6 nitrogen and oxygen atoms in total. The van der Waals surface area contributed by atoms with Gasteiger partial charge in [0.05, 0.1) is 7.11 Å². The number of methoxy groups -OCH3 is 1. The van der Waals surface area contributed by atoms with Crippen LogP contribution in [0.25, 0.3) is 0 Å². The molecular formula is C16H17ClN2O4S. The summed E-state index contributed by atoms with van der Waals surface area (Å²) >= 11 is 7.44. The quantitative estimate of drug-likeness (QED) is 0.481. The van der Waals surface area contributed by atoms with Crippen molar-refractivity contribution in [3.05, 3.63) is 41.1 Å². The summed E-state index contributed by atoms with van der Waals surface area (Å²) in [7, 11) is 1.58. The van der Waals surface area contributed by atoms with Gasteiger partial charge in [-0.25, -0.2) is 4.79 Å². The first kappa shape index (κ1) is 17.1. The molecule has 1 saturated heterocycles. The van der Waals surface area contributed by atoms with Crippen LogP contribution in [0.2, 0.25) is 0 Å². The lowest BCUT2D eigenvalue weighted by atomic mass is 10.0. The van der Waals surface area contributed by atoms with Gasteiger partial charge in [0.1, 0.15) is 29.5 Å². The van der Waals surface area contributed by atoms with E-state index in [9.17, 15) is 9.59 Å². The molecule has 0 spiro atoms. The lowest BCUT2D eigenvalue weighted by Gasteiger charge is -2.48. The molecule has 2 N–H and O–H groups in total. The van der Waals surface area contributed by atoms with Crippen LogP contribution in [0.15, 0.2) is 35.5 Å². The fourth-order valence-electron chi connectivity index (χ4n) is 2.61. The number of thioether (sulfide) groups is 1. The lowest BCUT2D eigenvalue weighted by molar-refractivity contribution is -0.151. The van der Waals surface area contributed by atoms with Crippen LogP contribution in [0.5, 0.6) is 5.75 Å². The number of benzene rings is 1. The van der Waals surface area contributed by atoms with Crippen LogP contribution in [0.3, 0.4) is 0 Å². The van der Waals surface area contributed by atoms with Gasteiger partial charge in [0, 0.05) is 11.6 Å². The topological polar surface area (TPSA) is 81.9 Å². The van der Waals surface area contributed by atoms with E-state index in [1.54, 1.807) is 19.2 Å². The van der Waals surface area contributed by atoms with Gasteiger partial charge in [-0.3, -0.25) is 9.69 Å². The fourth-order valence-corrected chi connectivity index (χ4v) is 4.24. The minimum absolute atomic E-state index is 0.105. The van der Waals surface area contributed by atoms with Crippen molar-refractivity contribution < 1.29 is 19.1 Å². The van der Waals surface area contributed by atoms with Crippen molar-refractivity contribution >= 4 is 35.2 Å². The predicted molar refractivity (Wildman–Crippen MR) is 91.6 cm³/mol. The van der Waals surface area contributed by atoms with Gasteiger partial charge in [-0.1, -0.05) is 12.1 Å². The number of amides is 1. The van der Waals surface area contributed by atoms with Crippen molar-refractivity contribution in [2.45, 2.75) is 18.0 Å². The van der Waals surface area contributed by atoms with E-state index in [4.69, 9.17) is 26.8 Å². The van der Waals surface area contributed by atoms with Gasteiger partial charge in [-0.15, -0.1) is 23.4 Å². The molecule has 1 fully saturated rings. The third-order valence-electron chi connectivity index (χ3n) is 3.97. The number of ether oxygens (including phenoxy) is 2. The maximum atomic E-state index is 12.5. The van der Waals surface area contributed by atoms with E-state index >= 15 is 0 Å². The maximum absolute atomic E-state index is 12.5. The predicted octanol–water partition coefficient (Wildman–Crippen LogP) is 1.47. The molecule has 8 heteroatoms. The molecule has 128 valence electrons. The molecule has 2 aliphatic rings. The average molecular weight is 369 g/mol. The SMILES string of the molecule is COc1ccc(COC(=O)C2=C(CCl)CS[C@H]3[C@H](N)C(=O)N23)cc1. The minimum atomic E-state index is -0.573. The van der Waals surface area contributed by atoms with Crippen LogP contribution in [0.4, 0.5) is 0 Å². The van der Waals surface area contributed by atoms with E-state index in [0.717, 1.165) is 11.3 Å². The van der Waals surface area contributed by atoms with Crippen molar-refractivity contribution in [1.82, 2.24) is 4.90 Å². The Morgan fingerprint density at radius 1 is 1.42 bits per heavy atom. The summed E-state index contributed by atoms with van der Waals surface area (Å²) in [6, 6.07) is 6.63. The number of rotatable bonds is 5. The number of hydrogen-bond donors (Lipinski definition) is 1. The Bertz CT molecular complexity index is 692. The lowest BCUT2D eigenvalue weighted by Crippen LogP contribution is -2.68. The molecule has 0 aromatic heterocycles. The molecule has 0 bridgehead atoms. The number of halogens is 1. The fraction of sp³-hybridized carbons (Fsp3) is 0.375. The Morgan fingerprint density at radius 2 is 2.12 bits per heavy atom. The highest BCUT2D eigenvalue weighted by Crippen LogP contribution is 2.40. The van der Waals surface area contributed by atoms with E-state index in [2.05, 4.69) is 0 Å². The Labute approximate surface area is 148 Å². The molecule has 1 amide bonds. The highest BCUT2D eigenvalue weighted by Gasteiger charge is 2.51. The summed E-state index contributed by atoms with van der Waals surface area (Å²) in [5.74, 6) is 0.646. The molecule has 0 aliphatic carbocycles. The average Bonchev–Trinajstić information content (AvgIpc) is 2.64. The number of carbonyl (C=O) groups excluding carboxylic acids is 2. The van der Waals surface area contributed by atoms with Crippen LogP contribution in [0.1, 0.15) is 5.56 Å². The number of β-lactam (4-membered cyclic amide) rings is 1. The van der Waals surface area contributed by atoms with Gasteiger partial charge in [0.25, 0.3) is 0 Å². The largest absolute Gasteiger partial charge is 0.497 e. The van der Waals surface area contributed by atoms with Gasteiger partial charge in [0.2, 0.25) is 5.91 Å². The first-order valence-electron chi connectivity index (χ1n) is 7.35. The van der Waals surface area contributed by atoms with Crippen LogP contribution >= 0.6 is 23.4 Å². The third kappa shape index (κ3) is 2.99. The molecule has 2 heterocycles. The number of fused-ring (bicyclic) bond motifs is 1. The molecule has 1 aromatic carbocycles. The highest BCUT2D eigenvalue weighted by atomic mass is 35.5. The Balaban J connectivity index is 1.72. The number of nitrogens with zero attached hydrogens (tertiary/aromatic N) is 1. The molecular weight excluding hydrogens is 352 g/mol. The van der Waals surface area contributed by atoms with Gasteiger partial charge >= 0.3 is 5.97 Å². The zero-order valence-electron chi connectivity index (χ0n) is 13.0. The van der Waals surface area contributed by atoms with Gasteiger partial charge in [-0.2, -0.15) is 0 Å². The summed E-state index contributed by atoms with van der Waals surface area (Å²) in [5, 5.41) is -0.215. The Kier molecular flexibility index (Phi) is 5.03. The molecule has 2 atom stereocenters. The van der Waals surface area contributed by atoms with Gasteiger partial charge in [0.15, 0.2) is 0 Å². The maximum Gasteiger partial charge on any atom is 0.355 e. The van der Waals surface area contributed by atoms with Crippen molar-refractivity contribution in [3.8, 4) is 5.75 Å². The zero-order valence-corrected chi connectivity index (χ0v) is 14.6. The molecule has 0 radical (unpaired) electrons. The smallest absolute Gasteiger partial charge is 0.355 e. The van der Waals surface area contributed by atoms with Crippen LogP contribution < -0.4 is 10.5 Å². The number of esters is 1. The second-order valence-corrected chi connectivity index (χ2v) is 6.82. The van der Waals surface area contributed by atoms with Gasteiger partial charge < -0.3 is 15.2 Å². The molecule has 0 unspecified atom stereocenters. The van der Waals surface area contributed by atoms with E-state index in [0.29, 0.717) is 11.3 Å². The summed E-state index contributed by atoms with van der Waals surface area (Å²) in [5.41, 5.74) is 7.55. The number of alkyl halides is 1. The van der Waals surface area contributed by atoms with E-state index in [1.807, 2.05) is 12.1 Å². The summed E-state index contributed by atoms with van der Waals surface area (Å²) in [4.78, 5) is 25.9. The van der Waals surface area contributed by atoms with Crippen molar-refractivity contribution in [1.29, 1.82) is 0 Å². The summed E-state index contributed by atoms with van der Waals surface area (Å²) in [6.07, 6.45) is 0. The van der Waals surface area contributed by atoms with E-state index in [-0.39, 0.29) is 29.5 Å². The molecule has 2 aliphatic heterocycles. The summed E-state index contributed by atoms with van der Waals surface area (Å²) < 4.78 is 10.5. The Hall–Kier alpha value is -1.70. The van der Waals surface area contributed by atoms with E-state index < -0.39 is 12.0 Å². The number of carbonyl (C=O) groups is 2. The second kappa shape index (κ2) is 7.04. The molecule has 0 saturated carbocycles. The van der Waals surface area contributed by atoms with Crippen LogP contribution in [-0.4, -0.2) is 46.9 Å². The van der Waals surface area contributed by atoms with Gasteiger partial charge in [-0.05, 0) is 23.3 Å². The van der Waals surface area contributed by atoms with E-state index in [1.165, 1.54) is 16.7 Å². The van der Waals surface area contributed by atoms with Crippen LogP contribution in [-0.2, 0) is 20.9 Å². The number of nitrogens with two attached hydrogens (primary N) is 1. The van der Waals surface area contributed by atoms with Crippen LogP contribution in [0, 0.1) is 0 Å². The first-order chi connectivity index (χ1) is 11.6. The van der Waals surface area contributed by atoms with Crippen molar-refractivity contribution in [2.75, 3.05) is 18.7 Å². The molecule has 24 heavy (non-hydrogen) atoms. The monoisotopic (exact) mass is 368 g/mol. The standard InChI is InChI=1S/C16H17ClN2O4S/c1-22-11-4-2-9(3-5-11)7-23-16(21)13-10(6-17)8-24-15-12(18)14(20)19(13)15/h2-5,12,15H,6-8,18H2,1H3/t12-,15+/m1/s1. The van der Waals surface area contributed by atoms with Crippen molar-refractivity contribution in [2.24, 2.45) is 5.73 Å². The van der Waals surface area contributed by atoms with Crippen molar-refractivity contribution in [3.63, 3.8) is 0 Å². The second-order valence-electron chi connectivity index (χ2n) is 5.45. The molecule has 1 aromatic rings. The minimum Gasteiger partial charge on any atom is -0.497 e. The highest BCUT2D eigenvalue weighted by molar-refractivity contribution is 8.00. The number of hydrogen-bond acceptors (Lipinski definition) is 6. The first-order valence-corrected chi connectivity index (χ1v) is 8.93. The summed E-state index contributed by atoms with van der Waals surface area (Å²) in [6.45, 7) is 0.105. The molecule has 3 rings (SSSR count). The zero-order chi connectivity index (χ0) is 17.3. The third-order valence-corrected chi connectivity index (χ3v) is 5.66. The Morgan fingerprint density at radius 3 is 2.75 bits per heavy atom. The normalized spacial score (nSPS) is 22.8.